The maximum atomic E-state index is 13.8. The summed E-state index contributed by atoms with van der Waals surface area (Å²) >= 11 is 0. The van der Waals surface area contributed by atoms with E-state index in [0.29, 0.717) is 17.0 Å². The van der Waals surface area contributed by atoms with Crippen LogP contribution in [0.15, 0.2) is 71.6 Å². The molecule has 0 spiro atoms. The molecule has 1 aliphatic rings. The number of anilines is 1. The summed E-state index contributed by atoms with van der Waals surface area (Å²) in [6.07, 6.45) is -0.612. The van der Waals surface area contributed by atoms with Crippen molar-refractivity contribution >= 4 is 21.7 Å². The van der Waals surface area contributed by atoms with Gasteiger partial charge in [-0.25, -0.2) is 17.6 Å². The van der Waals surface area contributed by atoms with Gasteiger partial charge in [-0.05, 0) is 48.9 Å². The predicted octanol–water partition coefficient (Wildman–Crippen LogP) is 4.43. The number of ether oxygens (including phenoxy) is 2. The van der Waals surface area contributed by atoms with Gasteiger partial charge in [0.2, 0.25) is 10.0 Å². The van der Waals surface area contributed by atoms with Crippen molar-refractivity contribution < 1.29 is 32.2 Å². The Bertz CT molecular complexity index is 1470. The van der Waals surface area contributed by atoms with Crippen LogP contribution < -0.4 is 14.8 Å². The number of hydrogen-bond acceptors (Lipinski definition) is 6. The lowest BCUT2D eigenvalue weighted by Gasteiger charge is -2.37. The number of nitrogens with zero attached hydrogens (tertiary/aromatic N) is 2. The second-order valence-corrected chi connectivity index (χ2v) is 11.8. The molecule has 3 aromatic carbocycles. The van der Waals surface area contributed by atoms with E-state index in [0.717, 1.165) is 5.56 Å². The number of methoxy groups -OCH3 is 1. The van der Waals surface area contributed by atoms with Crippen LogP contribution >= 0.6 is 0 Å². The van der Waals surface area contributed by atoms with Crippen LogP contribution in [0.25, 0.3) is 11.1 Å². The summed E-state index contributed by atoms with van der Waals surface area (Å²) in [6.45, 7) is 3.31. The van der Waals surface area contributed by atoms with Gasteiger partial charge in [-0.15, -0.1) is 0 Å². The Morgan fingerprint density at radius 2 is 1.95 bits per heavy atom. The van der Waals surface area contributed by atoms with Crippen molar-refractivity contribution in [3.05, 3.63) is 72.5 Å². The minimum absolute atomic E-state index is 0.0322. The monoisotopic (exact) mass is 571 g/mol. The first-order chi connectivity index (χ1) is 19.0. The van der Waals surface area contributed by atoms with Crippen molar-refractivity contribution in [2.45, 2.75) is 30.9 Å². The first-order valence-electron chi connectivity index (χ1n) is 12.9. The van der Waals surface area contributed by atoms with Crippen molar-refractivity contribution in [3.63, 3.8) is 0 Å². The third-order valence-electron chi connectivity index (χ3n) is 6.96. The molecule has 3 atom stereocenters. The van der Waals surface area contributed by atoms with E-state index >= 15 is 0 Å². The largest absolute Gasteiger partial charge is 0.496 e. The van der Waals surface area contributed by atoms with Crippen LogP contribution in [0.1, 0.15) is 13.8 Å². The van der Waals surface area contributed by atoms with Gasteiger partial charge in [0.1, 0.15) is 28.3 Å². The number of carbonyl (C=O) groups excluding carboxylic acids is 1. The first-order valence-corrected chi connectivity index (χ1v) is 14.3. The Kier molecular flexibility index (Phi) is 8.97. The van der Waals surface area contributed by atoms with E-state index in [4.69, 9.17) is 9.47 Å². The molecule has 2 N–H and O–H groups in total. The smallest absolute Gasteiger partial charge is 0.321 e. The van der Waals surface area contributed by atoms with E-state index in [1.165, 1.54) is 33.5 Å². The lowest BCUT2D eigenvalue weighted by Crippen LogP contribution is -2.50. The maximum absolute atomic E-state index is 13.8. The second-order valence-electron chi connectivity index (χ2n) is 9.92. The standard InChI is InChI=1S/C29H34FN3O6S/c1-19-16-33(20(2)18-34)40(36,37)28-13-12-21(24-10-5-6-11-25(24)38-4)14-26(28)39-27(19)17-32(3)29(35)31-23-9-7-8-22(30)15-23/h5-15,19-20,27,34H,16-18H2,1-4H3,(H,31,35)/t19-,20+,27+/m0/s1. The van der Waals surface area contributed by atoms with Gasteiger partial charge >= 0.3 is 6.03 Å². The highest BCUT2D eigenvalue weighted by Crippen LogP contribution is 2.38. The number of amides is 2. The van der Waals surface area contributed by atoms with Crippen LogP contribution in [0.2, 0.25) is 0 Å². The number of carbonyl (C=O) groups is 1. The molecule has 1 aliphatic heterocycles. The first kappa shape index (κ1) is 29.3. The molecule has 0 saturated carbocycles. The number of aliphatic hydroxyl groups is 1. The van der Waals surface area contributed by atoms with Crippen molar-refractivity contribution in [2.75, 3.05) is 39.2 Å². The highest BCUT2D eigenvalue weighted by atomic mass is 32.2. The molecule has 0 fully saturated rings. The quantitative estimate of drug-likeness (QED) is 0.434. The number of urea groups is 1. The zero-order valence-electron chi connectivity index (χ0n) is 22.9. The molecule has 0 aromatic heterocycles. The minimum Gasteiger partial charge on any atom is -0.496 e. The number of sulfonamides is 1. The highest BCUT2D eigenvalue weighted by Gasteiger charge is 2.38. The predicted molar refractivity (Wildman–Crippen MR) is 150 cm³/mol. The van der Waals surface area contributed by atoms with Crippen molar-refractivity contribution in [2.24, 2.45) is 5.92 Å². The number of hydrogen-bond donors (Lipinski definition) is 2. The Morgan fingerprint density at radius 1 is 1.20 bits per heavy atom. The third-order valence-corrected chi connectivity index (χ3v) is 8.98. The fourth-order valence-electron chi connectivity index (χ4n) is 4.63. The Balaban J connectivity index is 1.71. The van der Waals surface area contributed by atoms with E-state index in [1.807, 2.05) is 31.2 Å². The molecule has 0 radical (unpaired) electrons. The highest BCUT2D eigenvalue weighted by molar-refractivity contribution is 7.89. The van der Waals surface area contributed by atoms with Crippen LogP contribution in [0, 0.1) is 11.7 Å². The second kappa shape index (κ2) is 12.2. The summed E-state index contributed by atoms with van der Waals surface area (Å²) in [4.78, 5) is 14.3. The molecule has 0 saturated heterocycles. The number of benzene rings is 3. The summed E-state index contributed by atoms with van der Waals surface area (Å²) in [5, 5.41) is 12.5. The van der Waals surface area contributed by atoms with E-state index in [-0.39, 0.29) is 36.3 Å². The molecule has 2 amide bonds. The molecule has 0 bridgehead atoms. The molecule has 9 nitrogen and oxygen atoms in total. The summed E-state index contributed by atoms with van der Waals surface area (Å²) < 4.78 is 54.3. The van der Waals surface area contributed by atoms with Gasteiger partial charge in [0.15, 0.2) is 0 Å². The molecule has 11 heteroatoms. The van der Waals surface area contributed by atoms with E-state index in [1.54, 1.807) is 39.3 Å². The van der Waals surface area contributed by atoms with E-state index < -0.39 is 34.0 Å². The number of nitrogens with one attached hydrogen (secondary N) is 1. The van der Waals surface area contributed by atoms with E-state index in [2.05, 4.69) is 5.32 Å². The lowest BCUT2D eigenvalue weighted by atomic mass is 10.0. The number of para-hydroxylation sites is 1. The van der Waals surface area contributed by atoms with Gasteiger partial charge < -0.3 is 24.8 Å². The van der Waals surface area contributed by atoms with Crippen LogP contribution in [0.4, 0.5) is 14.9 Å². The molecular weight excluding hydrogens is 537 g/mol. The van der Waals surface area contributed by atoms with Crippen molar-refractivity contribution in [1.82, 2.24) is 9.21 Å². The Morgan fingerprint density at radius 3 is 2.65 bits per heavy atom. The number of rotatable bonds is 7. The molecule has 0 aliphatic carbocycles. The summed E-state index contributed by atoms with van der Waals surface area (Å²) in [5.41, 5.74) is 1.76. The number of aliphatic hydroxyl groups excluding tert-OH is 1. The fraction of sp³-hybridized carbons (Fsp3) is 0.345. The molecule has 214 valence electrons. The molecule has 3 aromatic rings. The number of halogens is 1. The van der Waals surface area contributed by atoms with Crippen LogP contribution in [0.3, 0.4) is 0 Å². The van der Waals surface area contributed by atoms with Crippen molar-refractivity contribution in [3.8, 4) is 22.6 Å². The topological polar surface area (TPSA) is 108 Å². The third kappa shape index (κ3) is 6.22. The average Bonchev–Trinajstić information content (AvgIpc) is 2.94. The van der Waals surface area contributed by atoms with Gasteiger partial charge in [0.05, 0.1) is 20.3 Å². The minimum atomic E-state index is -4.03. The van der Waals surface area contributed by atoms with Gasteiger partial charge in [0.25, 0.3) is 0 Å². The number of likely N-dealkylation sites (N-methyl/N-ethyl adjacent to an activating group) is 1. The average molecular weight is 572 g/mol. The Labute approximate surface area is 234 Å². The number of fused-ring (bicyclic) bond motifs is 1. The molecular formula is C29H34FN3O6S. The van der Waals surface area contributed by atoms with Crippen LogP contribution in [-0.4, -0.2) is 74.8 Å². The van der Waals surface area contributed by atoms with Crippen molar-refractivity contribution in [1.29, 1.82) is 0 Å². The van der Waals surface area contributed by atoms with Crippen LogP contribution in [-0.2, 0) is 10.0 Å². The van der Waals surface area contributed by atoms with Gasteiger partial charge in [-0.3, -0.25) is 0 Å². The molecule has 1 heterocycles. The zero-order valence-corrected chi connectivity index (χ0v) is 23.7. The van der Waals surface area contributed by atoms with Gasteiger partial charge in [-0.1, -0.05) is 37.3 Å². The van der Waals surface area contributed by atoms with E-state index in [9.17, 15) is 22.7 Å². The SMILES string of the molecule is COc1ccccc1-c1ccc2c(c1)O[C@H](CN(C)C(=O)Nc1cccc(F)c1)[C@@H](C)CN([C@H](C)CO)S2(=O)=O. The summed E-state index contributed by atoms with van der Waals surface area (Å²) in [7, 11) is -0.883. The molecule has 40 heavy (non-hydrogen) atoms. The van der Waals surface area contributed by atoms with Gasteiger partial charge in [0, 0.05) is 36.8 Å². The normalized spacial score (nSPS) is 19.4. The lowest BCUT2D eigenvalue weighted by molar-refractivity contribution is 0.0830. The molecule has 4 rings (SSSR count). The van der Waals surface area contributed by atoms with Gasteiger partial charge in [-0.2, -0.15) is 4.31 Å². The summed E-state index contributed by atoms with van der Waals surface area (Å²) in [6, 6.07) is 16.6. The Hall–Kier alpha value is -3.67. The summed E-state index contributed by atoms with van der Waals surface area (Å²) in [5.74, 6) is -0.0881. The van der Waals surface area contributed by atoms with Crippen LogP contribution in [0.5, 0.6) is 11.5 Å². The maximum Gasteiger partial charge on any atom is 0.321 e. The molecule has 0 unspecified atom stereocenters. The fourth-order valence-corrected chi connectivity index (χ4v) is 6.46. The zero-order chi connectivity index (χ0) is 29.0.